The molecule has 8 rings (SSSR count). The van der Waals surface area contributed by atoms with Gasteiger partial charge in [0.25, 0.3) is 0 Å². The first-order valence-electron chi connectivity index (χ1n) is 15.5. The molecule has 234 valence electrons. The first-order valence-corrected chi connectivity index (χ1v) is 15.5. The smallest absolute Gasteiger partial charge is 0.201 e. The van der Waals surface area contributed by atoms with E-state index in [9.17, 15) is 5.11 Å². The number of ether oxygens (including phenoxy) is 5. The highest BCUT2D eigenvalue weighted by Crippen LogP contribution is 2.50. The summed E-state index contributed by atoms with van der Waals surface area (Å²) in [6, 6.07) is 20.7. The Kier molecular flexibility index (Phi) is 7.71. The fourth-order valence-corrected chi connectivity index (χ4v) is 7.10. The van der Waals surface area contributed by atoms with Gasteiger partial charge >= 0.3 is 0 Å². The predicted molar refractivity (Wildman–Crippen MR) is 173 cm³/mol. The van der Waals surface area contributed by atoms with Gasteiger partial charge in [0.05, 0.1) is 21.3 Å². The Morgan fingerprint density at radius 1 is 0.667 bits per heavy atom. The van der Waals surface area contributed by atoms with Gasteiger partial charge in [-0.3, -0.25) is 9.80 Å². The van der Waals surface area contributed by atoms with E-state index in [0.717, 1.165) is 61.2 Å². The van der Waals surface area contributed by atoms with E-state index in [1.54, 1.807) is 21.3 Å². The molecule has 45 heavy (non-hydrogen) atoms. The van der Waals surface area contributed by atoms with Gasteiger partial charge in [-0.25, -0.2) is 0 Å². The van der Waals surface area contributed by atoms with Crippen LogP contribution in [0.5, 0.6) is 46.0 Å². The Labute approximate surface area is 264 Å². The molecule has 0 radical (unpaired) electrons. The van der Waals surface area contributed by atoms with Crippen molar-refractivity contribution in [3.8, 4) is 46.0 Å². The topological polar surface area (TPSA) is 72.9 Å². The van der Waals surface area contributed by atoms with Crippen LogP contribution in [0.25, 0.3) is 0 Å². The lowest BCUT2D eigenvalue weighted by Crippen LogP contribution is -2.34. The van der Waals surface area contributed by atoms with Gasteiger partial charge in [0.2, 0.25) is 5.75 Å². The van der Waals surface area contributed by atoms with E-state index < -0.39 is 0 Å². The number of hydrogen-bond acceptors (Lipinski definition) is 8. The summed E-state index contributed by atoms with van der Waals surface area (Å²) >= 11 is 0. The predicted octanol–water partition coefficient (Wildman–Crippen LogP) is 6.86. The maximum Gasteiger partial charge on any atom is 0.201 e. The molecule has 0 spiro atoms. The number of fused-ring (bicyclic) bond motifs is 2. The fourth-order valence-electron chi connectivity index (χ4n) is 7.10. The van der Waals surface area contributed by atoms with E-state index in [-0.39, 0.29) is 17.8 Å². The monoisotopic (exact) mass is 608 g/mol. The molecule has 8 heteroatoms. The van der Waals surface area contributed by atoms with E-state index in [0.29, 0.717) is 34.5 Å². The average Bonchev–Trinajstić information content (AvgIpc) is 3.05. The second-order valence-electron chi connectivity index (χ2n) is 12.3. The van der Waals surface area contributed by atoms with Gasteiger partial charge in [0, 0.05) is 30.7 Å². The third-order valence-electron chi connectivity index (χ3n) is 9.68. The maximum absolute atomic E-state index is 11.5. The number of phenols is 1. The second kappa shape index (κ2) is 11.8. The lowest BCUT2D eigenvalue weighted by atomic mass is 9.87. The van der Waals surface area contributed by atoms with Crippen molar-refractivity contribution < 1.29 is 28.8 Å². The zero-order valence-electron chi connectivity index (χ0n) is 26.6. The standard InChI is InChI=1S/C37H40N2O6/c1-38-14-12-24-19-32(42-4)34-20-27(24)29(38)17-23-8-11-31(41-3)33(18-23)44-25-9-6-22(7-10-25)16-30-28-21-35(43-5)36(40)37(45-34)26(28)13-15-39(30)2/h6-11,18-21,29-30,40H,12-17H2,1-5H3/t29-,30+/m1/s1. The van der Waals surface area contributed by atoms with Crippen LogP contribution in [0.2, 0.25) is 0 Å². The number of rotatable bonds is 3. The number of aromatic hydroxyl groups is 1. The van der Waals surface area contributed by atoms with Gasteiger partial charge in [-0.05, 0) is 110 Å². The summed E-state index contributed by atoms with van der Waals surface area (Å²) in [6.07, 6.45) is 3.17. The van der Waals surface area contributed by atoms with E-state index in [1.807, 2.05) is 24.3 Å². The van der Waals surface area contributed by atoms with Crippen molar-refractivity contribution in [3.63, 3.8) is 0 Å². The lowest BCUT2D eigenvalue weighted by molar-refractivity contribution is 0.224. The molecular weight excluding hydrogens is 568 g/mol. The molecule has 0 amide bonds. The summed E-state index contributed by atoms with van der Waals surface area (Å²) < 4.78 is 30.4. The summed E-state index contributed by atoms with van der Waals surface area (Å²) in [6.45, 7) is 1.75. The van der Waals surface area contributed by atoms with Gasteiger partial charge in [-0.15, -0.1) is 0 Å². The van der Waals surface area contributed by atoms with Crippen molar-refractivity contribution in [3.05, 3.63) is 94.0 Å². The largest absolute Gasteiger partial charge is 0.502 e. The number of likely N-dealkylation sites (N-methyl/N-ethyl adjacent to an activating group) is 2. The zero-order valence-corrected chi connectivity index (χ0v) is 26.6. The van der Waals surface area contributed by atoms with Gasteiger partial charge in [0.1, 0.15) is 5.75 Å². The average molecular weight is 609 g/mol. The summed E-state index contributed by atoms with van der Waals surface area (Å²) in [5, 5.41) is 11.5. The molecule has 0 unspecified atom stereocenters. The summed E-state index contributed by atoms with van der Waals surface area (Å²) in [4.78, 5) is 4.74. The minimum Gasteiger partial charge on any atom is -0.502 e. The first kappa shape index (κ1) is 29.3. The van der Waals surface area contributed by atoms with Crippen molar-refractivity contribution in [2.24, 2.45) is 0 Å². The molecule has 0 aromatic heterocycles. The molecule has 10 bridgehead atoms. The minimum atomic E-state index is 0.00569. The fraction of sp³-hybridized carbons (Fsp3) is 0.351. The summed E-state index contributed by atoms with van der Waals surface area (Å²) in [7, 11) is 9.22. The van der Waals surface area contributed by atoms with Crippen LogP contribution in [0.15, 0.2) is 60.7 Å². The Hall–Kier alpha value is -4.40. The molecule has 0 saturated carbocycles. The van der Waals surface area contributed by atoms with Crippen molar-refractivity contribution in [2.75, 3.05) is 48.5 Å². The molecule has 4 aliphatic heterocycles. The number of hydrogen-bond donors (Lipinski definition) is 1. The van der Waals surface area contributed by atoms with Crippen LogP contribution in [-0.2, 0) is 25.7 Å². The molecule has 0 fully saturated rings. The van der Waals surface area contributed by atoms with Crippen LogP contribution in [-0.4, -0.2) is 63.4 Å². The second-order valence-corrected chi connectivity index (χ2v) is 12.3. The normalized spacial score (nSPS) is 19.4. The van der Waals surface area contributed by atoms with E-state index in [4.69, 9.17) is 23.7 Å². The molecular formula is C37H40N2O6. The van der Waals surface area contributed by atoms with Crippen molar-refractivity contribution in [2.45, 2.75) is 37.8 Å². The highest BCUT2D eigenvalue weighted by Gasteiger charge is 2.33. The number of benzene rings is 4. The highest BCUT2D eigenvalue weighted by atomic mass is 16.5. The van der Waals surface area contributed by atoms with E-state index in [1.165, 1.54) is 16.7 Å². The molecule has 2 atom stereocenters. The molecule has 1 N–H and O–H groups in total. The Balaban J connectivity index is 1.44. The quantitative estimate of drug-likeness (QED) is 0.271. The number of methoxy groups -OCH3 is 3. The summed E-state index contributed by atoms with van der Waals surface area (Å²) in [5.74, 6) is 4.18. The third kappa shape index (κ3) is 5.32. The highest BCUT2D eigenvalue weighted by molar-refractivity contribution is 5.62. The number of nitrogens with zero attached hydrogens (tertiary/aromatic N) is 2. The third-order valence-corrected chi connectivity index (χ3v) is 9.68. The summed E-state index contributed by atoms with van der Waals surface area (Å²) in [5.41, 5.74) is 6.80. The molecule has 4 aromatic carbocycles. The van der Waals surface area contributed by atoms with Crippen LogP contribution in [0.3, 0.4) is 0 Å². The van der Waals surface area contributed by atoms with Crippen molar-refractivity contribution in [1.29, 1.82) is 0 Å². The van der Waals surface area contributed by atoms with Crippen LogP contribution < -0.4 is 23.7 Å². The Morgan fingerprint density at radius 2 is 1.31 bits per heavy atom. The first-order chi connectivity index (χ1) is 21.9. The zero-order chi connectivity index (χ0) is 31.2. The molecule has 0 saturated heterocycles. The van der Waals surface area contributed by atoms with Gasteiger partial charge < -0.3 is 28.8 Å². The van der Waals surface area contributed by atoms with Gasteiger partial charge in [-0.1, -0.05) is 18.2 Å². The van der Waals surface area contributed by atoms with Gasteiger partial charge in [0.15, 0.2) is 34.5 Å². The maximum atomic E-state index is 11.5. The lowest BCUT2D eigenvalue weighted by Gasteiger charge is -2.37. The molecule has 4 aromatic rings. The van der Waals surface area contributed by atoms with E-state index >= 15 is 0 Å². The Bertz CT molecular complexity index is 1740. The minimum absolute atomic E-state index is 0.00569. The van der Waals surface area contributed by atoms with Crippen LogP contribution in [0.1, 0.15) is 45.5 Å². The molecule has 4 heterocycles. The molecule has 0 aliphatic carbocycles. The van der Waals surface area contributed by atoms with Gasteiger partial charge in [-0.2, -0.15) is 0 Å². The van der Waals surface area contributed by atoms with Crippen LogP contribution >= 0.6 is 0 Å². The van der Waals surface area contributed by atoms with Crippen LogP contribution in [0.4, 0.5) is 0 Å². The SMILES string of the molecule is COc1ccc2cc1Oc1ccc(cc1)C[C@H]1c3cc(OC)c(O)c(c3CCN1C)Oc1cc3c(cc1OC)CCN(C)[C@@H]3C2. The van der Waals surface area contributed by atoms with E-state index in [2.05, 4.69) is 60.3 Å². The molecule has 4 aliphatic rings. The van der Waals surface area contributed by atoms with Crippen molar-refractivity contribution >= 4 is 0 Å². The van der Waals surface area contributed by atoms with Crippen molar-refractivity contribution in [1.82, 2.24) is 9.80 Å². The molecule has 8 nitrogen and oxygen atoms in total. The number of phenolic OH excluding ortho intramolecular Hbond substituents is 1. The van der Waals surface area contributed by atoms with Crippen LogP contribution in [0, 0.1) is 0 Å². The Morgan fingerprint density at radius 3 is 2.04 bits per heavy atom.